The number of hydrogen-bond donors (Lipinski definition) is 0. The molecule has 0 unspecified atom stereocenters. The van der Waals surface area contributed by atoms with Gasteiger partial charge in [-0.1, -0.05) is 0 Å². The van der Waals surface area contributed by atoms with Crippen LogP contribution in [0, 0.1) is 25.7 Å². The Balaban J connectivity index is 1.69. The van der Waals surface area contributed by atoms with Crippen molar-refractivity contribution in [2.24, 2.45) is 11.8 Å². The van der Waals surface area contributed by atoms with Crippen molar-refractivity contribution < 1.29 is 9.53 Å². The highest BCUT2D eigenvalue weighted by Gasteiger charge is 2.32. The third-order valence-electron chi connectivity index (χ3n) is 4.80. The standard InChI is InChI=1S/C17H25N3O2S/c1-11-8-20-15(12(2)18-17(20)23-11)9-19(3)16(21)14-6-5-13(7-14)10-22-4/h8,13-14H,5-7,9-10H2,1-4H3/t13-,14+/m1/s1. The Morgan fingerprint density at radius 2 is 2.26 bits per heavy atom. The Labute approximate surface area is 141 Å². The van der Waals surface area contributed by atoms with E-state index in [0.717, 1.165) is 42.2 Å². The number of thiazole rings is 1. The lowest BCUT2D eigenvalue weighted by atomic mass is 10.0. The molecular formula is C17H25N3O2S. The molecule has 0 spiro atoms. The van der Waals surface area contributed by atoms with E-state index in [9.17, 15) is 4.79 Å². The first-order chi connectivity index (χ1) is 11.0. The van der Waals surface area contributed by atoms with Crippen LogP contribution in [0.15, 0.2) is 6.20 Å². The highest BCUT2D eigenvalue weighted by molar-refractivity contribution is 7.17. The number of rotatable bonds is 5. The van der Waals surface area contributed by atoms with Crippen LogP contribution in [0.3, 0.4) is 0 Å². The van der Waals surface area contributed by atoms with Crippen LogP contribution in [0.4, 0.5) is 0 Å². The molecule has 0 N–H and O–H groups in total. The zero-order valence-corrected chi connectivity index (χ0v) is 15.2. The summed E-state index contributed by atoms with van der Waals surface area (Å²) in [6.45, 7) is 5.49. The second-order valence-electron chi connectivity index (χ2n) is 6.66. The van der Waals surface area contributed by atoms with Crippen molar-refractivity contribution in [1.82, 2.24) is 14.3 Å². The average molecular weight is 335 g/mol. The number of aromatic nitrogens is 2. The zero-order valence-electron chi connectivity index (χ0n) is 14.3. The Kier molecular flexibility index (Phi) is 4.73. The molecule has 0 aromatic carbocycles. The number of carbonyl (C=O) groups excluding carboxylic acids is 1. The Bertz CT molecular complexity index is 706. The molecular weight excluding hydrogens is 310 g/mol. The fraction of sp³-hybridized carbons (Fsp3) is 0.647. The number of amides is 1. The number of carbonyl (C=O) groups is 1. The van der Waals surface area contributed by atoms with E-state index in [1.54, 1.807) is 18.4 Å². The molecule has 1 fully saturated rings. The summed E-state index contributed by atoms with van der Waals surface area (Å²) in [5.41, 5.74) is 2.13. The van der Waals surface area contributed by atoms with E-state index < -0.39 is 0 Å². The van der Waals surface area contributed by atoms with Gasteiger partial charge in [0, 0.05) is 37.8 Å². The minimum absolute atomic E-state index is 0.146. The second kappa shape index (κ2) is 6.61. The van der Waals surface area contributed by atoms with Gasteiger partial charge in [-0.15, -0.1) is 11.3 Å². The number of ether oxygens (including phenoxy) is 1. The zero-order chi connectivity index (χ0) is 16.6. The third kappa shape index (κ3) is 3.28. The third-order valence-corrected chi connectivity index (χ3v) is 5.69. The van der Waals surface area contributed by atoms with Crippen molar-refractivity contribution in [1.29, 1.82) is 0 Å². The molecule has 1 saturated carbocycles. The number of nitrogens with zero attached hydrogens (tertiary/aromatic N) is 3. The quantitative estimate of drug-likeness (QED) is 0.844. The van der Waals surface area contributed by atoms with E-state index in [0.29, 0.717) is 12.5 Å². The summed E-state index contributed by atoms with van der Waals surface area (Å²) in [7, 11) is 3.64. The fourth-order valence-corrected chi connectivity index (χ4v) is 4.49. The maximum absolute atomic E-state index is 12.7. The molecule has 1 amide bonds. The van der Waals surface area contributed by atoms with E-state index in [-0.39, 0.29) is 11.8 Å². The highest BCUT2D eigenvalue weighted by atomic mass is 32.1. The summed E-state index contributed by atoms with van der Waals surface area (Å²) in [6.07, 6.45) is 5.14. The predicted octanol–water partition coefficient (Wildman–Crippen LogP) is 3.03. The van der Waals surface area contributed by atoms with Crippen molar-refractivity contribution in [3.8, 4) is 0 Å². The van der Waals surface area contributed by atoms with Gasteiger partial charge in [-0.25, -0.2) is 4.98 Å². The molecule has 0 bridgehead atoms. The Morgan fingerprint density at radius 3 is 3.00 bits per heavy atom. The topological polar surface area (TPSA) is 46.8 Å². The van der Waals surface area contributed by atoms with Gasteiger partial charge in [0.05, 0.1) is 17.9 Å². The van der Waals surface area contributed by atoms with Crippen molar-refractivity contribution in [3.63, 3.8) is 0 Å². The lowest BCUT2D eigenvalue weighted by molar-refractivity contribution is -0.134. The number of methoxy groups -OCH3 is 1. The molecule has 2 heterocycles. The minimum Gasteiger partial charge on any atom is -0.384 e. The lowest BCUT2D eigenvalue weighted by Gasteiger charge is -2.21. The molecule has 23 heavy (non-hydrogen) atoms. The van der Waals surface area contributed by atoms with E-state index in [2.05, 4.69) is 22.5 Å². The summed E-state index contributed by atoms with van der Waals surface area (Å²) < 4.78 is 7.36. The minimum atomic E-state index is 0.146. The summed E-state index contributed by atoms with van der Waals surface area (Å²) in [4.78, 5) is 21.5. The first kappa shape index (κ1) is 16.5. The van der Waals surface area contributed by atoms with Crippen LogP contribution >= 0.6 is 11.3 Å². The number of hydrogen-bond acceptors (Lipinski definition) is 4. The van der Waals surface area contributed by atoms with Crippen molar-refractivity contribution >= 4 is 22.2 Å². The van der Waals surface area contributed by atoms with Gasteiger partial charge in [-0.05, 0) is 39.0 Å². The van der Waals surface area contributed by atoms with Crippen LogP contribution in [0.1, 0.15) is 35.5 Å². The molecule has 1 aliphatic carbocycles. The van der Waals surface area contributed by atoms with E-state index in [1.807, 2.05) is 18.9 Å². The average Bonchev–Trinajstić information content (AvgIpc) is 3.16. The summed E-state index contributed by atoms with van der Waals surface area (Å²) in [5.74, 6) is 0.934. The van der Waals surface area contributed by atoms with Gasteiger partial charge in [-0.3, -0.25) is 9.20 Å². The molecule has 2 aromatic rings. The Morgan fingerprint density at radius 1 is 1.48 bits per heavy atom. The molecule has 5 nitrogen and oxygen atoms in total. The maximum Gasteiger partial charge on any atom is 0.225 e. The van der Waals surface area contributed by atoms with E-state index >= 15 is 0 Å². The number of imidazole rings is 1. The smallest absolute Gasteiger partial charge is 0.225 e. The molecule has 2 atom stereocenters. The molecule has 6 heteroatoms. The van der Waals surface area contributed by atoms with Gasteiger partial charge in [0.1, 0.15) is 0 Å². The van der Waals surface area contributed by atoms with Crippen LogP contribution < -0.4 is 0 Å². The van der Waals surface area contributed by atoms with E-state index in [1.165, 1.54) is 4.88 Å². The number of fused-ring (bicyclic) bond motifs is 1. The van der Waals surface area contributed by atoms with Gasteiger partial charge < -0.3 is 9.64 Å². The second-order valence-corrected chi connectivity index (χ2v) is 7.88. The Hall–Kier alpha value is -1.40. The monoisotopic (exact) mass is 335 g/mol. The van der Waals surface area contributed by atoms with Crippen LogP contribution in [-0.2, 0) is 16.1 Å². The van der Waals surface area contributed by atoms with Crippen LogP contribution in [0.2, 0.25) is 0 Å². The predicted molar refractivity (Wildman–Crippen MR) is 91.7 cm³/mol. The van der Waals surface area contributed by atoms with Gasteiger partial charge in [0.25, 0.3) is 0 Å². The first-order valence-corrected chi connectivity index (χ1v) is 8.99. The number of aryl methyl sites for hydroxylation is 2. The fourth-order valence-electron chi connectivity index (χ4n) is 3.60. The SMILES string of the molecule is COC[C@@H]1CC[C@H](C(=O)N(C)Cc2c(C)nc3sc(C)cn23)C1. The molecule has 1 aliphatic rings. The van der Waals surface area contributed by atoms with Gasteiger partial charge >= 0.3 is 0 Å². The normalized spacial score (nSPS) is 21.2. The van der Waals surface area contributed by atoms with Crippen LogP contribution in [0.25, 0.3) is 4.96 Å². The summed E-state index contributed by atoms with van der Waals surface area (Å²) in [5, 5.41) is 0. The largest absolute Gasteiger partial charge is 0.384 e. The van der Waals surface area contributed by atoms with Crippen molar-refractivity contribution in [3.05, 3.63) is 22.5 Å². The molecule has 0 aliphatic heterocycles. The van der Waals surface area contributed by atoms with Crippen LogP contribution in [-0.4, -0.2) is 41.0 Å². The van der Waals surface area contributed by atoms with Crippen molar-refractivity contribution in [2.75, 3.05) is 20.8 Å². The molecule has 0 saturated heterocycles. The molecule has 126 valence electrons. The van der Waals surface area contributed by atoms with E-state index in [4.69, 9.17) is 4.74 Å². The van der Waals surface area contributed by atoms with Gasteiger partial charge in [0.2, 0.25) is 5.91 Å². The first-order valence-electron chi connectivity index (χ1n) is 8.17. The van der Waals surface area contributed by atoms with Crippen LogP contribution in [0.5, 0.6) is 0 Å². The van der Waals surface area contributed by atoms with Crippen molar-refractivity contribution in [2.45, 2.75) is 39.7 Å². The highest BCUT2D eigenvalue weighted by Crippen LogP contribution is 2.32. The van der Waals surface area contributed by atoms with Gasteiger partial charge in [0.15, 0.2) is 4.96 Å². The summed E-state index contributed by atoms with van der Waals surface area (Å²) >= 11 is 1.69. The molecule has 0 radical (unpaired) electrons. The summed E-state index contributed by atoms with van der Waals surface area (Å²) in [6, 6.07) is 0. The molecule has 3 rings (SSSR count). The lowest BCUT2D eigenvalue weighted by Crippen LogP contribution is -2.32. The van der Waals surface area contributed by atoms with Gasteiger partial charge in [-0.2, -0.15) is 0 Å². The maximum atomic E-state index is 12.7. The molecule has 2 aromatic heterocycles.